The maximum absolute atomic E-state index is 14.0. The summed E-state index contributed by atoms with van der Waals surface area (Å²) in [7, 11) is 1.43. The average Bonchev–Trinajstić information content (AvgIpc) is 2.68. The SMILES string of the molecule is COc1ccc(C(=O)C2CC3CCCC(C2)N3Cc2ccccc2)cc1F. The smallest absolute Gasteiger partial charge is 0.166 e. The van der Waals surface area contributed by atoms with Gasteiger partial charge in [-0.3, -0.25) is 9.69 Å². The molecular weight excluding hydrogens is 341 g/mol. The van der Waals surface area contributed by atoms with Crippen LogP contribution in [0, 0.1) is 11.7 Å². The van der Waals surface area contributed by atoms with E-state index in [4.69, 9.17) is 4.74 Å². The van der Waals surface area contributed by atoms with Gasteiger partial charge in [0.05, 0.1) is 7.11 Å². The molecule has 0 radical (unpaired) electrons. The number of nitrogens with zero attached hydrogens (tertiary/aromatic N) is 1. The zero-order valence-corrected chi connectivity index (χ0v) is 15.7. The molecule has 27 heavy (non-hydrogen) atoms. The topological polar surface area (TPSA) is 29.5 Å². The van der Waals surface area contributed by atoms with Gasteiger partial charge < -0.3 is 4.74 Å². The van der Waals surface area contributed by atoms with Crippen molar-refractivity contribution in [2.24, 2.45) is 5.92 Å². The van der Waals surface area contributed by atoms with Crippen molar-refractivity contribution in [2.45, 2.75) is 50.7 Å². The highest BCUT2D eigenvalue weighted by Gasteiger charge is 2.40. The van der Waals surface area contributed by atoms with Crippen LogP contribution in [0.2, 0.25) is 0 Å². The van der Waals surface area contributed by atoms with E-state index in [0.29, 0.717) is 17.6 Å². The Kier molecular flexibility index (Phi) is 5.26. The highest BCUT2D eigenvalue weighted by atomic mass is 19.1. The first-order valence-corrected chi connectivity index (χ1v) is 9.83. The zero-order valence-electron chi connectivity index (χ0n) is 15.7. The van der Waals surface area contributed by atoms with Crippen molar-refractivity contribution in [3.8, 4) is 5.75 Å². The minimum atomic E-state index is -0.468. The number of ether oxygens (including phenoxy) is 1. The van der Waals surface area contributed by atoms with Crippen molar-refractivity contribution in [2.75, 3.05) is 7.11 Å². The van der Waals surface area contributed by atoms with Crippen LogP contribution in [0.15, 0.2) is 48.5 Å². The summed E-state index contributed by atoms with van der Waals surface area (Å²) in [6, 6.07) is 16.0. The molecule has 4 heteroatoms. The molecule has 0 saturated carbocycles. The number of benzene rings is 2. The lowest BCUT2D eigenvalue weighted by Crippen LogP contribution is -2.52. The van der Waals surface area contributed by atoms with Gasteiger partial charge in [0.25, 0.3) is 0 Å². The fourth-order valence-electron chi connectivity index (χ4n) is 4.80. The van der Waals surface area contributed by atoms with Crippen molar-refractivity contribution in [3.05, 3.63) is 65.5 Å². The molecule has 4 rings (SSSR count). The minimum Gasteiger partial charge on any atom is -0.494 e. The van der Waals surface area contributed by atoms with E-state index in [-0.39, 0.29) is 17.5 Å². The predicted molar refractivity (Wildman–Crippen MR) is 103 cm³/mol. The lowest BCUT2D eigenvalue weighted by molar-refractivity contribution is 0.00905. The number of halogens is 1. The van der Waals surface area contributed by atoms with Crippen molar-refractivity contribution in [1.82, 2.24) is 4.90 Å². The van der Waals surface area contributed by atoms with Crippen LogP contribution in [-0.4, -0.2) is 29.9 Å². The molecular formula is C23H26FNO2. The first-order valence-electron chi connectivity index (χ1n) is 9.83. The van der Waals surface area contributed by atoms with Gasteiger partial charge >= 0.3 is 0 Å². The molecule has 2 aliphatic heterocycles. The fraction of sp³-hybridized carbons (Fsp3) is 0.435. The highest BCUT2D eigenvalue weighted by molar-refractivity contribution is 5.98. The summed E-state index contributed by atoms with van der Waals surface area (Å²) in [6.45, 7) is 0.953. The third kappa shape index (κ3) is 3.77. The molecule has 2 aromatic rings. The van der Waals surface area contributed by atoms with Crippen LogP contribution >= 0.6 is 0 Å². The molecule has 2 aliphatic rings. The normalized spacial score (nSPS) is 25.2. The number of rotatable bonds is 5. The summed E-state index contributed by atoms with van der Waals surface area (Å²) in [5.41, 5.74) is 1.80. The van der Waals surface area contributed by atoms with E-state index in [1.165, 1.54) is 25.2 Å². The van der Waals surface area contributed by atoms with Crippen LogP contribution in [0.25, 0.3) is 0 Å². The zero-order chi connectivity index (χ0) is 18.8. The van der Waals surface area contributed by atoms with Gasteiger partial charge in [-0.2, -0.15) is 0 Å². The van der Waals surface area contributed by atoms with E-state index in [1.54, 1.807) is 12.1 Å². The van der Waals surface area contributed by atoms with E-state index in [1.807, 2.05) is 6.07 Å². The van der Waals surface area contributed by atoms with E-state index >= 15 is 0 Å². The summed E-state index contributed by atoms with van der Waals surface area (Å²) in [5, 5.41) is 0. The van der Waals surface area contributed by atoms with E-state index in [9.17, 15) is 9.18 Å². The molecule has 2 heterocycles. The van der Waals surface area contributed by atoms with E-state index < -0.39 is 5.82 Å². The number of methoxy groups -OCH3 is 1. The van der Waals surface area contributed by atoms with Gasteiger partial charge in [0.1, 0.15) is 0 Å². The molecule has 142 valence electrons. The number of hydrogen-bond donors (Lipinski definition) is 0. The van der Waals surface area contributed by atoms with Gasteiger partial charge in [-0.05, 0) is 49.4 Å². The lowest BCUT2D eigenvalue weighted by atomic mass is 9.75. The van der Waals surface area contributed by atoms with E-state index in [2.05, 4.69) is 29.2 Å². The molecule has 2 aromatic carbocycles. The molecule has 0 amide bonds. The molecule has 0 spiro atoms. The summed E-state index contributed by atoms with van der Waals surface area (Å²) in [4.78, 5) is 15.6. The monoisotopic (exact) mass is 367 g/mol. The molecule has 0 N–H and O–H groups in total. The number of carbonyl (C=O) groups excluding carboxylic acids is 1. The van der Waals surface area contributed by atoms with Crippen LogP contribution < -0.4 is 4.74 Å². The number of Topliss-reactive ketones (excluding diaryl/α,β-unsaturated/α-hetero) is 1. The fourth-order valence-corrected chi connectivity index (χ4v) is 4.80. The number of hydrogen-bond acceptors (Lipinski definition) is 3. The van der Waals surface area contributed by atoms with Crippen molar-refractivity contribution < 1.29 is 13.9 Å². The third-order valence-corrected chi connectivity index (χ3v) is 6.14. The number of fused-ring (bicyclic) bond motifs is 2. The van der Waals surface area contributed by atoms with E-state index in [0.717, 1.165) is 32.2 Å². The van der Waals surface area contributed by atoms with Gasteiger partial charge in [-0.25, -0.2) is 4.39 Å². The van der Waals surface area contributed by atoms with Crippen LogP contribution in [-0.2, 0) is 6.54 Å². The van der Waals surface area contributed by atoms with Gasteiger partial charge in [0.15, 0.2) is 17.3 Å². The van der Waals surface area contributed by atoms with Crippen molar-refractivity contribution in [3.63, 3.8) is 0 Å². The average molecular weight is 367 g/mol. The Morgan fingerprint density at radius 1 is 1.11 bits per heavy atom. The first kappa shape index (κ1) is 18.2. The van der Waals surface area contributed by atoms with Crippen LogP contribution in [0.3, 0.4) is 0 Å². The summed E-state index contributed by atoms with van der Waals surface area (Å²) in [6.07, 6.45) is 5.26. The summed E-state index contributed by atoms with van der Waals surface area (Å²) in [5.74, 6) is -0.223. The standard InChI is InChI=1S/C23H26FNO2/c1-27-22-11-10-17(14-21(22)24)23(26)18-12-19-8-5-9-20(13-18)25(19)15-16-6-3-2-4-7-16/h2-4,6-7,10-11,14,18-20H,5,8-9,12-13,15H2,1H3. The molecule has 2 fully saturated rings. The van der Waals surface area contributed by atoms with Gasteiger partial charge in [0.2, 0.25) is 0 Å². The Bertz CT molecular complexity index is 793. The lowest BCUT2D eigenvalue weighted by Gasteiger charge is -2.48. The molecule has 2 saturated heterocycles. The Morgan fingerprint density at radius 2 is 1.81 bits per heavy atom. The predicted octanol–water partition coefficient (Wildman–Crippen LogP) is 4.85. The second-order valence-electron chi connectivity index (χ2n) is 7.78. The van der Waals surface area contributed by atoms with Crippen LogP contribution in [0.4, 0.5) is 4.39 Å². The second kappa shape index (κ2) is 7.81. The molecule has 2 bridgehead atoms. The quantitative estimate of drug-likeness (QED) is 0.708. The Morgan fingerprint density at radius 3 is 2.44 bits per heavy atom. The van der Waals surface area contributed by atoms with Crippen molar-refractivity contribution >= 4 is 5.78 Å². The Hall–Kier alpha value is -2.20. The van der Waals surface area contributed by atoms with Gasteiger partial charge in [-0.1, -0.05) is 36.8 Å². The maximum Gasteiger partial charge on any atom is 0.166 e. The number of piperidine rings is 2. The molecule has 3 nitrogen and oxygen atoms in total. The van der Waals surface area contributed by atoms with Crippen molar-refractivity contribution in [1.29, 1.82) is 0 Å². The molecule has 0 aromatic heterocycles. The number of carbonyl (C=O) groups is 1. The molecule has 2 atom stereocenters. The largest absolute Gasteiger partial charge is 0.494 e. The van der Waals surface area contributed by atoms with Crippen LogP contribution in [0.1, 0.15) is 48.0 Å². The van der Waals surface area contributed by atoms with Gasteiger partial charge in [-0.15, -0.1) is 0 Å². The minimum absolute atomic E-state index is 0.0138. The maximum atomic E-state index is 14.0. The molecule has 2 unspecified atom stereocenters. The summed E-state index contributed by atoms with van der Waals surface area (Å²) < 4.78 is 19.0. The van der Waals surface area contributed by atoms with Gasteiger partial charge in [0, 0.05) is 30.1 Å². The Balaban J connectivity index is 1.49. The Labute approximate surface area is 160 Å². The second-order valence-corrected chi connectivity index (χ2v) is 7.78. The third-order valence-electron chi connectivity index (χ3n) is 6.14. The first-order chi connectivity index (χ1) is 13.2. The molecule has 0 aliphatic carbocycles. The van der Waals surface area contributed by atoms with Crippen LogP contribution in [0.5, 0.6) is 5.75 Å². The summed E-state index contributed by atoms with van der Waals surface area (Å²) >= 11 is 0. The highest BCUT2D eigenvalue weighted by Crippen LogP contribution is 2.39. The number of ketones is 1.